The van der Waals surface area contributed by atoms with E-state index in [1.165, 1.54) is 12.8 Å². The standard InChI is InChI=1S/C10H18N2O4S/c13-6-8(9(14)15)12-10(16)11-5-7-3-1-2-4-17-7/h7-8,13H,1-6H2,(H,14,15)(H2,11,12,16)/t7?,8-/m0/s1. The zero-order valence-electron chi connectivity index (χ0n) is 9.52. The van der Waals surface area contributed by atoms with E-state index >= 15 is 0 Å². The van der Waals surface area contributed by atoms with Crippen LogP contribution in [-0.4, -0.2) is 52.4 Å². The highest BCUT2D eigenvalue weighted by Gasteiger charge is 2.19. The van der Waals surface area contributed by atoms with Crippen molar-refractivity contribution in [1.82, 2.24) is 10.6 Å². The first-order valence-corrected chi connectivity index (χ1v) is 6.68. The number of aliphatic carboxylic acids is 1. The van der Waals surface area contributed by atoms with Gasteiger partial charge in [-0.25, -0.2) is 9.59 Å². The largest absolute Gasteiger partial charge is 0.480 e. The van der Waals surface area contributed by atoms with Gasteiger partial charge >= 0.3 is 12.0 Å². The maximum absolute atomic E-state index is 11.4. The van der Waals surface area contributed by atoms with Gasteiger partial charge in [0.15, 0.2) is 6.04 Å². The molecule has 4 N–H and O–H groups in total. The zero-order valence-corrected chi connectivity index (χ0v) is 10.3. The summed E-state index contributed by atoms with van der Waals surface area (Å²) in [6.07, 6.45) is 3.47. The highest BCUT2D eigenvalue weighted by molar-refractivity contribution is 7.99. The number of hydrogen-bond acceptors (Lipinski definition) is 4. The Kier molecular flexibility index (Phi) is 6.13. The Hall–Kier alpha value is -0.950. The summed E-state index contributed by atoms with van der Waals surface area (Å²) in [6.45, 7) is -0.0742. The van der Waals surface area contributed by atoms with Crippen LogP contribution in [0.4, 0.5) is 4.79 Å². The van der Waals surface area contributed by atoms with Gasteiger partial charge in [0, 0.05) is 11.8 Å². The minimum absolute atomic E-state index is 0.409. The molecule has 1 rings (SSSR count). The minimum atomic E-state index is -1.24. The number of aliphatic hydroxyl groups excluding tert-OH is 1. The molecule has 1 heterocycles. The molecule has 2 amide bonds. The highest BCUT2D eigenvalue weighted by Crippen LogP contribution is 2.24. The first-order chi connectivity index (χ1) is 8.13. The zero-order chi connectivity index (χ0) is 12.7. The van der Waals surface area contributed by atoms with Gasteiger partial charge in [-0.2, -0.15) is 11.8 Å². The van der Waals surface area contributed by atoms with Gasteiger partial charge in [0.25, 0.3) is 0 Å². The van der Waals surface area contributed by atoms with Gasteiger partial charge in [-0.15, -0.1) is 0 Å². The van der Waals surface area contributed by atoms with Crippen LogP contribution in [0.3, 0.4) is 0 Å². The summed E-state index contributed by atoms with van der Waals surface area (Å²) in [5.74, 6) is -0.128. The normalized spacial score (nSPS) is 21.6. The lowest BCUT2D eigenvalue weighted by Gasteiger charge is -2.22. The molecule has 0 spiro atoms. The topological polar surface area (TPSA) is 98.7 Å². The summed E-state index contributed by atoms with van der Waals surface area (Å²) in [7, 11) is 0. The molecule has 1 unspecified atom stereocenters. The van der Waals surface area contributed by atoms with Gasteiger partial charge in [0.2, 0.25) is 0 Å². The van der Waals surface area contributed by atoms with E-state index in [-0.39, 0.29) is 0 Å². The molecule has 17 heavy (non-hydrogen) atoms. The SMILES string of the molecule is O=C(NCC1CCCCS1)N[C@@H](CO)C(=O)O. The maximum atomic E-state index is 11.4. The van der Waals surface area contributed by atoms with Crippen LogP contribution in [0.2, 0.25) is 0 Å². The van der Waals surface area contributed by atoms with E-state index in [1.54, 1.807) is 0 Å². The second-order valence-electron chi connectivity index (χ2n) is 3.92. The van der Waals surface area contributed by atoms with Crippen LogP contribution in [0, 0.1) is 0 Å². The highest BCUT2D eigenvalue weighted by atomic mass is 32.2. The van der Waals surface area contributed by atoms with Crippen LogP contribution < -0.4 is 10.6 Å². The number of rotatable bonds is 5. The second kappa shape index (κ2) is 7.39. The Morgan fingerprint density at radius 2 is 2.18 bits per heavy atom. The lowest BCUT2D eigenvalue weighted by molar-refractivity contribution is -0.140. The van der Waals surface area contributed by atoms with Crippen LogP contribution >= 0.6 is 11.8 Å². The van der Waals surface area contributed by atoms with E-state index in [1.807, 2.05) is 11.8 Å². The number of aliphatic hydroxyl groups is 1. The molecule has 0 aromatic carbocycles. The maximum Gasteiger partial charge on any atom is 0.328 e. The Bertz CT molecular complexity index is 269. The molecular formula is C10H18N2O4S. The van der Waals surface area contributed by atoms with Crippen molar-refractivity contribution >= 4 is 23.8 Å². The number of nitrogens with one attached hydrogen (secondary N) is 2. The van der Waals surface area contributed by atoms with E-state index in [9.17, 15) is 9.59 Å². The molecule has 0 radical (unpaired) electrons. The number of carboxylic acid groups (broad SMARTS) is 1. The summed E-state index contributed by atoms with van der Waals surface area (Å²) in [5.41, 5.74) is 0. The van der Waals surface area contributed by atoms with Gasteiger partial charge in [-0.3, -0.25) is 0 Å². The first kappa shape index (κ1) is 14.1. The van der Waals surface area contributed by atoms with Crippen molar-refractivity contribution in [3.05, 3.63) is 0 Å². The first-order valence-electron chi connectivity index (χ1n) is 5.63. The number of carbonyl (C=O) groups excluding carboxylic acids is 1. The van der Waals surface area contributed by atoms with E-state index < -0.39 is 24.6 Å². The summed E-state index contributed by atoms with van der Waals surface area (Å²) in [6, 6.07) is -1.79. The van der Waals surface area contributed by atoms with Crippen molar-refractivity contribution < 1.29 is 19.8 Å². The number of carboxylic acids is 1. The molecule has 0 aromatic rings. The average Bonchev–Trinajstić information content (AvgIpc) is 2.34. The van der Waals surface area contributed by atoms with Crippen molar-refractivity contribution in [2.24, 2.45) is 0 Å². The smallest absolute Gasteiger partial charge is 0.328 e. The van der Waals surface area contributed by atoms with Crippen molar-refractivity contribution in [2.75, 3.05) is 18.9 Å². The molecule has 6 nitrogen and oxygen atoms in total. The molecular weight excluding hydrogens is 244 g/mol. The fourth-order valence-corrected chi connectivity index (χ4v) is 2.81. The molecule has 1 aliphatic rings. The number of hydrogen-bond donors (Lipinski definition) is 4. The quantitative estimate of drug-likeness (QED) is 0.560. The predicted molar refractivity (Wildman–Crippen MR) is 65.1 cm³/mol. The van der Waals surface area contributed by atoms with Gasteiger partial charge in [-0.1, -0.05) is 6.42 Å². The molecule has 1 saturated heterocycles. The third-order valence-electron chi connectivity index (χ3n) is 2.55. The number of amides is 2. The number of urea groups is 1. The molecule has 98 valence electrons. The molecule has 2 atom stereocenters. The number of thioether (sulfide) groups is 1. The van der Waals surface area contributed by atoms with Crippen LogP contribution in [-0.2, 0) is 4.79 Å². The van der Waals surface area contributed by atoms with Gasteiger partial charge in [-0.05, 0) is 18.6 Å². The third-order valence-corrected chi connectivity index (χ3v) is 3.95. The molecule has 1 aliphatic heterocycles. The van der Waals surface area contributed by atoms with Crippen molar-refractivity contribution in [3.8, 4) is 0 Å². The molecule has 0 aliphatic carbocycles. The van der Waals surface area contributed by atoms with E-state index in [0.29, 0.717) is 11.8 Å². The summed E-state index contributed by atoms with van der Waals surface area (Å²) in [4.78, 5) is 21.9. The molecule has 0 aromatic heterocycles. The fourth-order valence-electron chi connectivity index (χ4n) is 1.57. The van der Waals surface area contributed by atoms with Crippen LogP contribution in [0.25, 0.3) is 0 Å². The lowest BCUT2D eigenvalue weighted by Crippen LogP contribution is -2.49. The van der Waals surface area contributed by atoms with E-state index in [2.05, 4.69) is 10.6 Å². The minimum Gasteiger partial charge on any atom is -0.480 e. The summed E-state index contributed by atoms with van der Waals surface area (Å²) < 4.78 is 0. The van der Waals surface area contributed by atoms with E-state index in [4.69, 9.17) is 10.2 Å². The molecule has 1 fully saturated rings. The Morgan fingerprint density at radius 3 is 2.71 bits per heavy atom. The molecule has 0 saturated carbocycles. The van der Waals surface area contributed by atoms with Crippen molar-refractivity contribution in [3.63, 3.8) is 0 Å². The third kappa shape index (κ3) is 5.27. The van der Waals surface area contributed by atoms with E-state index in [0.717, 1.165) is 12.2 Å². The number of carbonyl (C=O) groups is 2. The average molecular weight is 262 g/mol. The molecule has 0 bridgehead atoms. The monoisotopic (exact) mass is 262 g/mol. The summed E-state index contributed by atoms with van der Waals surface area (Å²) in [5, 5.41) is 22.6. The van der Waals surface area contributed by atoms with Crippen LogP contribution in [0.5, 0.6) is 0 Å². The Balaban J connectivity index is 2.21. The Morgan fingerprint density at radius 1 is 1.41 bits per heavy atom. The second-order valence-corrected chi connectivity index (χ2v) is 5.32. The van der Waals surface area contributed by atoms with Gasteiger partial charge in [0.1, 0.15) is 0 Å². The lowest BCUT2D eigenvalue weighted by atomic mass is 10.2. The van der Waals surface area contributed by atoms with Gasteiger partial charge < -0.3 is 20.8 Å². The molecule has 7 heteroatoms. The van der Waals surface area contributed by atoms with Crippen LogP contribution in [0.1, 0.15) is 19.3 Å². The Labute approximate surface area is 104 Å². The predicted octanol–water partition coefficient (Wildman–Crippen LogP) is 0.0168. The fraction of sp³-hybridized carbons (Fsp3) is 0.800. The summed E-state index contributed by atoms with van der Waals surface area (Å²) >= 11 is 1.83. The van der Waals surface area contributed by atoms with Crippen molar-refractivity contribution in [2.45, 2.75) is 30.6 Å². The van der Waals surface area contributed by atoms with Crippen molar-refractivity contribution in [1.29, 1.82) is 0 Å². The van der Waals surface area contributed by atoms with Gasteiger partial charge in [0.05, 0.1) is 6.61 Å². The van der Waals surface area contributed by atoms with Crippen LogP contribution in [0.15, 0.2) is 0 Å².